The van der Waals surface area contributed by atoms with Gasteiger partial charge in [0.15, 0.2) is 0 Å². The molecule has 2 amide bonds. The first-order chi connectivity index (χ1) is 13.1. The molecular weight excluding hydrogens is 352 g/mol. The van der Waals surface area contributed by atoms with Crippen LogP contribution in [0.5, 0.6) is 0 Å². The Bertz CT molecular complexity index is 893. The minimum atomic E-state index is -0.625. The van der Waals surface area contributed by atoms with Gasteiger partial charge in [-0.3, -0.25) is 4.98 Å². The number of urea groups is 1. The molecule has 3 aromatic rings. The molecule has 0 aliphatic carbocycles. The zero-order chi connectivity index (χ0) is 19.2. The van der Waals surface area contributed by atoms with Gasteiger partial charge in [-0.15, -0.1) is 0 Å². The van der Waals surface area contributed by atoms with Gasteiger partial charge in [0.25, 0.3) is 0 Å². The minimum Gasteiger partial charge on any atom is -0.332 e. The maximum atomic E-state index is 13.0. The third kappa shape index (κ3) is 4.66. The molecule has 3 rings (SSSR count). The fraction of sp³-hybridized carbons (Fsp3) is 0.211. The number of carbonyl (C=O) groups is 1. The van der Waals surface area contributed by atoms with Crippen molar-refractivity contribution in [3.63, 3.8) is 0 Å². The average Bonchev–Trinajstić information content (AvgIpc) is 3.16. The van der Waals surface area contributed by atoms with E-state index in [4.69, 9.17) is 0 Å². The van der Waals surface area contributed by atoms with Crippen molar-refractivity contribution in [2.75, 3.05) is 5.32 Å². The SMILES string of the molecule is C[C@H](c1ccc(NC(=O)NCc2ccc(F)cn2)cc1)n1ccnc1CF. The number of hydrogen-bond donors (Lipinski definition) is 2. The molecule has 0 saturated heterocycles. The molecule has 0 spiro atoms. The highest BCUT2D eigenvalue weighted by molar-refractivity contribution is 5.89. The molecule has 1 aromatic carbocycles. The zero-order valence-corrected chi connectivity index (χ0v) is 14.7. The molecule has 1 atom stereocenters. The number of anilines is 1. The van der Waals surface area contributed by atoms with Gasteiger partial charge in [0.1, 0.15) is 18.3 Å². The number of imidazole rings is 1. The monoisotopic (exact) mass is 371 g/mol. The maximum Gasteiger partial charge on any atom is 0.319 e. The molecule has 8 heteroatoms. The summed E-state index contributed by atoms with van der Waals surface area (Å²) in [7, 11) is 0. The molecule has 0 radical (unpaired) electrons. The number of nitrogens with zero attached hydrogens (tertiary/aromatic N) is 3. The average molecular weight is 371 g/mol. The molecule has 0 aliphatic rings. The van der Waals surface area contributed by atoms with Gasteiger partial charge < -0.3 is 15.2 Å². The highest BCUT2D eigenvalue weighted by Gasteiger charge is 2.12. The van der Waals surface area contributed by atoms with E-state index in [1.165, 1.54) is 12.1 Å². The zero-order valence-electron chi connectivity index (χ0n) is 14.7. The summed E-state index contributed by atoms with van der Waals surface area (Å²) in [6.45, 7) is 1.51. The van der Waals surface area contributed by atoms with Crippen LogP contribution in [0.15, 0.2) is 55.0 Å². The van der Waals surface area contributed by atoms with Crippen molar-refractivity contribution in [1.82, 2.24) is 19.9 Å². The number of rotatable bonds is 6. The van der Waals surface area contributed by atoms with E-state index in [-0.39, 0.29) is 12.6 Å². The third-order valence-electron chi connectivity index (χ3n) is 4.16. The first kappa shape index (κ1) is 18.5. The van der Waals surface area contributed by atoms with Crippen LogP contribution in [0.2, 0.25) is 0 Å². The second-order valence-electron chi connectivity index (χ2n) is 5.96. The smallest absolute Gasteiger partial charge is 0.319 e. The molecular formula is C19H19F2N5O. The Hall–Kier alpha value is -3.29. The van der Waals surface area contributed by atoms with Gasteiger partial charge in [0.05, 0.1) is 24.5 Å². The van der Waals surface area contributed by atoms with E-state index < -0.39 is 18.5 Å². The Morgan fingerprint density at radius 1 is 1.19 bits per heavy atom. The Balaban J connectivity index is 1.57. The van der Waals surface area contributed by atoms with Crippen LogP contribution in [-0.4, -0.2) is 20.6 Å². The van der Waals surface area contributed by atoms with Gasteiger partial charge in [-0.05, 0) is 36.8 Å². The summed E-state index contributed by atoms with van der Waals surface area (Å²) in [5.41, 5.74) is 2.13. The largest absolute Gasteiger partial charge is 0.332 e. The van der Waals surface area contributed by atoms with Crippen LogP contribution >= 0.6 is 0 Å². The number of carbonyl (C=O) groups excluding carboxylic acids is 1. The minimum absolute atomic E-state index is 0.0781. The first-order valence-electron chi connectivity index (χ1n) is 8.39. The van der Waals surface area contributed by atoms with Crippen LogP contribution in [0.1, 0.15) is 30.0 Å². The quantitative estimate of drug-likeness (QED) is 0.692. The highest BCUT2D eigenvalue weighted by atomic mass is 19.1. The summed E-state index contributed by atoms with van der Waals surface area (Å²) < 4.78 is 27.5. The van der Waals surface area contributed by atoms with Gasteiger partial charge >= 0.3 is 6.03 Å². The van der Waals surface area contributed by atoms with Crippen molar-refractivity contribution in [2.24, 2.45) is 0 Å². The molecule has 0 bridgehead atoms. The standard InChI is InChI=1S/C19H19F2N5O/c1-13(26-9-8-22-18(26)10-20)14-2-5-16(6-3-14)25-19(27)24-12-17-7-4-15(21)11-23-17/h2-9,11,13H,10,12H2,1H3,(H2,24,25,27)/t13-/m1/s1. The predicted molar refractivity (Wildman–Crippen MR) is 97.3 cm³/mol. The molecule has 27 heavy (non-hydrogen) atoms. The second-order valence-corrected chi connectivity index (χ2v) is 5.96. The van der Waals surface area contributed by atoms with Crippen molar-refractivity contribution in [3.8, 4) is 0 Å². The molecule has 140 valence electrons. The summed E-state index contributed by atoms with van der Waals surface area (Å²) in [5.74, 6) is -0.0506. The van der Waals surface area contributed by atoms with E-state index in [1.807, 2.05) is 19.1 Å². The number of amides is 2. The third-order valence-corrected chi connectivity index (χ3v) is 4.16. The van der Waals surface area contributed by atoms with Gasteiger partial charge in [0, 0.05) is 18.1 Å². The lowest BCUT2D eigenvalue weighted by Crippen LogP contribution is -2.28. The van der Waals surface area contributed by atoms with E-state index in [0.29, 0.717) is 17.2 Å². The summed E-state index contributed by atoms with van der Waals surface area (Å²) in [6.07, 6.45) is 4.41. The lowest BCUT2D eigenvalue weighted by atomic mass is 10.1. The molecule has 0 unspecified atom stereocenters. The fourth-order valence-corrected chi connectivity index (χ4v) is 2.66. The summed E-state index contributed by atoms with van der Waals surface area (Å²) in [4.78, 5) is 19.8. The van der Waals surface area contributed by atoms with Crippen molar-refractivity contribution in [1.29, 1.82) is 0 Å². The molecule has 6 nitrogen and oxygen atoms in total. The lowest BCUT2D eigenvalue weighted by Gasteiger charge is -2.16. The number of halogens is 2. The van der Waals surface area contributed by atoms with Crippen LogP contribution < -0.4 is 10.6 Å². The molecule has 2 heterocycles. The summed E-state index contributed by atoms with van der Waals surface area (Å²) >= 11 is 0. The van der Waals surface area contributed by atoms with Crippen molar-refractivity contribution >= 4 is 11.7 Å². The van der Waals surface area contributed by atoms with Gasteiger partial charge in [0.2, 0.25) is 0 Å². The number of aromatic nitrogens is 3. The van der Waals surface area contributed by atoms with Crippen LogP contribution in [0, 0.1) is 5.82 Å². The molecule has 2 N–H and O–H groups in total. The van der Waals surface area contributed by atoms with Crippen LogP contribution in [0.4, 0.5) is 19.3 Å². The van der Waals surface area contributed by atoms with Crippen LogP contribution in [-0.2, 0) is 13.2 Å². The van der Waals surface area contributed by atoms with E-state index >= 15 is 0 Å². The first-order valence-corrected chi connectivity index (χ1v) is 8.39. The van der Waals surface area contributed by atoms with E-state index in [2.05, 4.69) is 20.6 Å². The normalized spacial score (nSPS) is 11.8. The summed E-state index contributed by atoms with van der Waals surface area (Å²) in [5, 5.41) is 5.37. The van der Waals surface area contributed by atoms with Crippen molar-refractivity contribution in [3.05, 3.63) is 77.9 Å². The van der Waals surface area contributed by atoms with Crippen molar-refractivity contribution in [2.45, 2.75) is 26.2 Å². The number of alkyl halides is 1. The maximum absolute atomic E-state index is 13.0. The Kier molecular flexibility index (Phi) is 5.75. The van der Waals surface area contributed by atoms with Gasteiger partial charge in [-0.2, -0.15) is 0 Å². The number of nitrogens with one attached hydrogen (secondary N) is 2. The predicted octanol–water partition coefficient (Wildman–Crippen LogP) is 3.82. The van der Waals surface area contributed by atoms with E-state index in [9.17, 15) is 13.6 Å². The molecule has 2 aromatic heterocycles. The van der Waals surface area contributed by atoms with E-state index in [1.54, 1.807) is 29.1 Å². The number of pyridine rings is 1. The van der Waals surface area contributed by atoms with Crippen LogP contribution in [0.3, 0.4) is 0 Å². The fourth-order valence-electron chi connectivity index (χ4n) is 2.66. The van der Waals surface area contributed by atoms with Gasteiger partial charge in [-0.25, -0.2) is 18.6 Å². The van der Waals surface area contributed by atoms with E-state index in [0.717, 1.165) is 11.8 Å². The molecule has 0 saturated carbocycles. The molecule has 0 aliphatic heterocycles. The molecule has 0 fully saturated rings. The van der Waals surface area contributed by atoms with Gasteiger partial charge in [-0.1, -0.05) is 12.1 Å². The Labute approximate surface area is 155 Å². The number of benzene rings is 1. The Morgan fingerprint density at radius 2 is 1.96 bits per heavy atom. The topological polar surface area (TPSA) is 71.8 Å². The number of hydrogen-bond acceptors (Lipinski definition) is 3. The second kappa shape index (κ2) is 8.39. The Morgan fingerprint density at radius 3 is 2.63 bits per heavy atom. The van der Waals surface area contributed by atoms with Crippen LogP contribution in [0.25, 0.3) is 0 Å². The summed E-state index contributed by atoms with van der Waals surface area (Å²) in [6, 6.07) is 9.60. The van der Waals surface area contributed by atoms with Crippen molar-refractivity contribution < 1.29 is 13.6 Å². The lowest BCUT2D eigenvalue weighted by molar-refractivity contribution is 0.251. The highest BCUT2D eigenvalue weighted by Crippen LogP contribution is 2.21.